The summed E-state index contributed by atoms with van der Waals surface area (Å²) in [7, 11) is 0. The van der Waals surface area contributed by atoms with Gasteiger partial charge in [0.1, 0.15) is 11.4 Å². The van der Waals surface area contributed by atoms with E-state index in [1.54, 1.807) is 18.5 Å². The molecule has 0 saturated carbocycles. The first-order valence-corrected chi connectivity index (χ1v) is 5.58. The molecule has 1 aromatic rings. The lowest BCUT2D eigenvalue weighted by Crippen LogP contribution is -2.10. The van der Waals surface area contributed by atoms with E-state index in [1.165, 1.54) is 0 Å². The molecule has 0 unspecified atom stereocenters. The van der Waals surface area contributed by atoms with E-state index in [1.807, 2.05) is 0 Å². The number of rotatable bonds is 6. The van der Waals surface area contributed by atoms with Gasteiger partial charge in [-0.1, -0.05) is 0 Å². The number of aromatic nitrogens is 2. The molecular weight excluding hydrogens is 230 g/mol. The van der Waals surface area contributed by atoms with Gasteiger partial charge >= 0.3 is 5.69 Å². The number of nitro groups is 1. The number of hydrogen-bond donors (Lipinski definition) is 1. The molecule has 0 saturated heterocycles. The Hall–Kier alpha value is -1.08. The number of nitrogens with zero attached hydrogens (tertiary/aromatic N) is 3. The van der Waals surface area contributed by atoms with Crippen molar-refractivity contribution in [3.05, 3.63) is 21.5 Å². The second kappa shape index (κ2) is 5.86. The van der Waals surface area contributed by atoms with Crippen molar-refractivity contribution in [1.82, 2.24) is 9.78 Å². The highest BCUT2D eigenvalue weighted by Gasteiger charge is 2.21. The summed E-state index contributed by atoms with van der Waals surface area (Å²) < 4.78 is 6.85. The molecule has 1 rings (SSSR count). The topological polar surface area (TPSA) is 70.2 Å². The van der Waals surface area contributed by atoms with Crippen LogP contribution in [0.15, 0.2) is 0 Å². The van der Waals surface area contributed by atoms with Gasteiger partial charge < -0.3 is 4.74 Å². The van der Waals surface area contributed by atoms with Crippen LogP contribution >= 0.6 is 12.6 Å². The van der Waals surface area contributed by atoms with Crippen LogP contribution in [0.3, 0.4) is 0 Å². The molecule has 0 aliphatic carbocycles. The van der Waals surface area contributed by atoms with Gasteiger partial charge in [0.15, 0.2) is 0 Å². The van der Waals surface area contributed by atoms with Crippen molar-refractivity contribution in [3.63, 3.8) is 0 Å². The van der Waals surface area contributed by atoms with Crippen molar-refractivity contribution in [1.29, 1.82) is 0 Å². The second-order valence-corrected chi connectivity index (χ2v) is 3.78. The molecule has 90 valence electrons. The summed E-state index contributed by atoms with van der Waals surface area (Å²) in [5.41, 5.74) is 1.10. The minimum atomic E-state index is -0.400. The third-order valence-electron chi connectivity index (χ3n) is 2.21. The molecule has 1 aromatic heterocycles. The van der Waals surface area contributed by atoms with Gasteiger partial charge in [-0.05, 0) is 13.8 Å². The summed E-state index contributed by atoms with van der Waals surface area (Å²) in [6.45, 7) is 4.91. The lowest BCUT2D eigenvalue weighted by molar-refractivity contribution is -0.386. The fourth-order valence-electron chi connectivity index (χ4n) is 1.49. The summed E-state index contributed by atoms with van der Waals surface area (Å²) in [5, 5.41) is 14.8. The zero-order valence-corrected chi connectivity index (χ0v) is 10.2. The van der Waals surface area contributed by atoms with Crippen molar-refractivity contribution in [2.75, 3.05) is 19.0 Å². The van der Waals surface area contributed by atoms with E-state index in [2.05, 4.69) is 17.7 Å². The van der Waals surface area contributed by atoms with Crippen molar-refractivity contribution in [2.24, 2.45) is 0 Å². The second-order valence-electron chi connectivity index (χ2n) is 3.34. The van der Waals surface area contributed by atoms with Gasteiger partial charge in [-0.15, -0.1) is 0 Å². The molecule has 0 N–H and O–H groups in total. The lowest BCUT2D eigenvalue weighted by Gasteiger charge is -2.03. The molecule has 0 atom stereocenters. The zero-order valence-electron chi connectivity index (χ0n) is 9.34. The molecule has 0 spiro atoms. The molecule has 16 heavy (non-hydrogen) atoms. The number of aryl methyl sites for hydroxylation is 1. The summed E-state index contributed by atoms with van der Waals surface area (Å²) in [6, 6.07) is 0. The fourth-order valence-corrected chi connectivity index (χ4v) is 1.62. The minimum Gasteiger partial charge on any atom is -0.379 e. The molecule has 7 heteroatoms. The predicted octanol–water partition coefficient (Wildman–Crippen LogP) is 1.35. The molecule has 1 heterocycles. The Morgan fingerprint density at radius 3 is 2.69 bits per heavy atom. The van der Waals surface area contributed by atoms with Crippen LogP contribution in [0.2, 0.25) is 0 Å². The molecule has 6 nitrogen and oxygen atoms in total. The average molecular weight is 245 g/mol. The van der Waals surface area contributed by atoms with E-state index >= 15 is 0 Å². The summed E-state index contributed by atoms with van der Waals surface area (Å²) in [4.78, 5) is 10.3. The molecule has 0 aliphatic rings. The van der Waals surface area contributed by atoms with Gasteiger partial charge in [0, 0.05) is 5.75 Å². The Labute approximate surface area is 99.1 Å². The predicted molar refractivity (Wildman–Crippen MR) is 63.0 cm³/mol. The quantitative estimate of drug-likeness (QED) is 0.355. The normalized spacial score (nSPS) is 10.7. The van der Waals surface area contributed by atoms with Crippen LogP contribution in [0, 0.1) is 24.0 Å². The Bertz CT molecular complexity index is 378. The summed E-state index contributed by atoms with van der Waals surface area (Å²) in [5.74, 6) is 0.664. The monoisotopic (exact) mass is 245 g/mol. The number of hydrogen-bond acceptors (Lipinski definition) is 5. The smallest absolute Gasteiger partial charge is 0.312 e. The van der Waals surface area contributed by atoms with E-state index in [-0.39, 0.29) is 5.69 Å². The van der Waals surface area contributed by atoms with Crippen LogP contribution in [-0.4, -0.2) is 33.7 Å². The van der Waals surface area contributed by atoms with Crippen LogP contribution in [0.25, 0.3) is 0 Å². The molecular formula is C9H15N3O3S. The maximum Gasteiger partial charge on any atom is 0.312 e. The van der Waals surface area contributed by atoms with Gasteiger partial charge in [0.2, 0.25) is 0 Å². The average Bonchev–Trinajstić information content (AvgIpc) is 2.49. The van der Waals surface area contributed by atoms with Crippen LogP contribution in [0.5, 0.6) is 0 Å². The largest absolute Gasteiger partial charge is 0.379 e. The van der Waals surface area contributed by atoms with E-state index in [9.17, 15) is 10.1 Å². The zero-order chi connectivity index (χ0) is 12.1. The third kappa shape index (κ3) is 2.96. The van der Waals surface area contributed by atoms with E-state index in [0.29, 0.717) is 36.9 Å². The Balaban J connectivity index is 2.67. The van der Waals surface area contributed by atoms with Crippen molar-refractivity contribution in [3.8, 4) is 0 Å². The van der Waals surface area contributed by atoms with Crippen LogP contribution in [0.4, 0.5) is 5.69 Å². The molecule has 0 bridgehead atoms. The first kappa shape index (κ1) is 13.0. The molecule has 0 aliphatic heterocycles. The summed E-state index contributed by atoms with van der Waals surface area (Å²) in [6.07, 6.45) is 0. The maximum atomic E-state index is 10.7. The fraction of sp³-hybridized carbons (Fsp3) is 0.667. The molecule has 0 aromatic carbocycles. The van der Waals surface area contributed by atoms with Gasteiger partial charge in [-0.3, -0.25) is 14.8 Å². The molecule has 0 fully saturated rings. The minimum absolute atomic E-state index is 0.0918. The molecule has 0 amide bonds. The lowest BCUT2D eigenvalue weighted by atomic mass is 10.3. The van der Waals surface area contributed by atoms with Crippen molar-refractivity contribution in [2.45, 2.75) is 20.4 Å². The van der Waals surface area contributed by atoms with Gasteiger partial charge in [-0.2, -0.15) is 17.7 Å². The standard InChI is InChI=1S/C9H15N3O3S/c1-7-9(12(13)14)8(2)11(10-7)3-4-15-5-6-16/h16H,3-6H2,1-2H3. The Morgan fingerprint density at radius 2 is 2.19 bits per heavy atom. The highest BCUT2D eigenvalue weighted by atomic mass is 32.1. The van der Waals surface area contributed by atoms with Gasteiger partial charge in [-0.25, -0.2) is 0 Å². The van der Waals surface area contributed by atoms with E-state index in [4.69, 9.17) is 4.74 Å². The van der Waals surface area contributed by atoms with Gasteiger partial charge in [0.25, 0.3) is 0 Å². The highest BCUT2D eigenvalue weighted by molar-refractivity contribution is 7.80. The Kier molecular flexibility index (Phi) is 4.75. The van der Waals surface area contributed by atoms with Crippen molar-refractivity contribution >= 4 is 18.3 Å². The third-order valence-corrected chi connectivity index (χ3v) is 2.39. The molecule has 0 radical (unpaired) electrons. The van der Waals surface area contributed by atoms with Crippen molar-refractivity contribution < 1.29 is 9.66 Å². The van der Waals surface area contributed by atoms with Crippen LogP contribution in [0.1, 0.15) is 11.4 Å². The van der Waals surface area contributed by atoms with Gasteiger partial charge in [0.05, 0.1) is 24.7 Å². The van der Waals surface area contributed by atoms with E-state index < -0.39 is 4.92 Å². The maximum absolute atomic E-state index is 10.7. The van der Waals surface area contributed by atoms with Crippen LogP contribution in [-0.2, 0) is 11.3 Å². The van der Waals surface area contributed by atoms with E-state index in [0.717, 1.165) is 0 Å². The number of thiol groups is 1. The Morgan fingerprint density at radius 1 is 1.50 bits per heavy atom. The first-order chi connectivity index (χ1) is 7.57. The number of ether oxygens (including phenoxy) is 1. The SMILES string of the molecule is Cc1nn(CCOCCS)c(C)c1[N+](=O)[O-]. The van der Waals surface area contributed by atoms with Crippen LogP contribution < -0.4 is 0 Å². The highest BCUT2D eigenvalue weighted by Crippen LogP contribution is 2.21. The first-order valence-electron chi connectivity index (χ1n) is 4.95. The summed E-state index contributed by atoms with van der Waals surface area (Å²) >= 11 is 4.01.